The normalized spacial score (nSPS) is 14.7. The van der Waals surface area contributed by atoms with Gasteiger partial charge in [-0.15, -0.1) is 0 Å². The van der Waals surface area contributed by atoms with Crippen molar-refractivity contribution in [3.05, 3.63) is 72.3 Å². The van der Waals surface area contributed by atoms with Gasteiger partial charge < -0.3 is 4.98 Å². The maximum Gasteiger partial charge on any atom is 0.270 e. The number of carbonyl (C=O) groups is 1. The molecule has 1 amide bonds. The molecule has 0 saturated carbocycles. The second-order valence-corrected chi connectivity index (χ2v) is 5.43. The van der Waals surface area contributed by atoms with Gasteiger partial charge in [0.2, 0.25) is 0 Å². The third-order valence-corrected chi connectivity index (χ3v) is 4.01. The van der Waals surface area contributed by atoms with Crippen molar-refractivity contribution in [3.63, 3.8) is 0 Å². The van der Waals surface area contributed by atoms with E-state index in [1.165, 1.54) is 4.90 Å². The number of hydrogen-bond donors (Lipinski definition) is 1. The minimum Gasteiger partial charge on any atom is -0.362 e. The van der Waals surface area contributed by atoms with Crippen LogP contribution in [0.2, 0.25) is 0 Å². The highest BCUT2D eigenvalue weighted by Crippen LogP contribution is 2.39. The lowest BCUT2D eigenvalue weighted by molar-refractivity contribution is -0.112. The van der Waals surface area contributed by atoms with E-state index in [0.717, 1.165) is 28.1 Å². The van der Waals surface area contributed by atoms with Gasteiger partial charge in [0.1, 0.15) is 0 Å². The van der Waals surface area contributed by atoms with Crippen LogP contribution in [0.15, 0.2) is 61.1 Å². The van der Waals surface area contributed by atoms with E-state index in [0.29, 0.717) is 5.57 Å². The van der Waals surface area contributed by atoms with Crippen LogP contribution in [0, 0.1) is 12.5 Å². The average molecular weight is 311 g/mol. The van der Waals surface area contributed by atoms with Crippen LogP contribution in [-0.2, 0) is 4.79 Å². The van der Waals surface area contributed by atoms with Crippen molar-refractivity contribution in [1.82, 2.24) is 9.97 Å². The van der Waals surface area contributed by atoms with Gasteiger partial charge in [0, 0.05) is 41.5 Å². The number of rotatable bonds is 2. The van der Waals surface area contributed by atoms with Crippen LogP contribution < -0.4 is 4.90 Å². The molecule has 4 rings (SSSR count). The van der Waals surface area contributed by atoms with Gasteiger partial charge in [0.15, 0.2) is 0 Å². The highest BCUT2D eigenvalue weighted by Gasteiger charge is 2.32. The van der Waals surface area contributed by atoms with Crippen LogP contribution in [0.5, 0.6) is 0 Å². The lowest BCUT2D eigenvalue weighted by atomic mass is 10.00. The Morgan fingerprint density at radius 3 is 2.79 bits per heavy atom. The number of aromatic nitrogens is 2. The standard InChI is InChI=1S/C20H13N3O/c1-2-23-19-8-7-14(15-5-3-9-21-13-15)11-17(19)18(20(23)24)12-16-6-4-10-22-16/h1,3-13,22H. The van der Waals surface area contributed by atoms with Gasteiger partial charge in [-0.05, 0) is 42.0 Å². The Morgan fingerprint density at radius 1 is 1.17 bits per heavy atom. The minimum atomic E-state index is -0.189. The molecule has 3 aromatic rings. The van der Waals surface area contributed by atoms with Gasteiger partial charge in [-0.3, -0.25) is 9.78 Å². The van der Waals surface area contributed by atoms with Crippen molar-refractivity contribution in [3.8, 4) is 23.6 Å². The van der Waals surface area contributed by atoms with E-state index in [-0.39, 0.29) is 5.91 Å². The van der Waals surface area contributed by atoms with E-state index in [1.54, 1.807) is 12.4 Å². The fourth-order valence-electron chi connectivity index (χ4n) is 2.86. The van der Waals surface area contributed by atoms with E-state index in [4.69, 9.17) is 6.42 Å². The molecule has 0 radical (unpaired) electrons. The first-order chi connectivity index (χ1) is 11.8. The second kappa shape index (κ2) is 5.56. The molecular formula is C20H13N3O. The Kier molecular flexibility index (Phi) is 3.25. The summed E-state index contributed by atoms with van der Waals surface area (Å²) in [4.78, 5) is 21.2. The highest BCUT2D eigenvalue weighted by atomic mass is 16.2. The number of amides is 1. The molecule has 4 nitrogen and oxygen atoms in total. The third-order valence-electron chi connectivity index (χ3n) is 4.01. The maximum atomic E-state index is 12.7. The van der Waals surface area contributed by atoms with E-state index in [1.807, 2.05) is 54.7 Å². The fourth-order valence-corrected chi connectivity index (χ4v) is 2.86. The van der Waals surface area contributed by atoms with Crippen molar-refractivity contribution in [2.45, 2.75) is 0 Å². The summed E-state index contributed by atoms with van der Waals surface area (Å²) >= 11 is 0. The van der Waals surface area contributed by atoms with E-state index in [2.05, 4.69) is 16.0 Å². The molecule has 0 unspecified atom stereocenters. The predicted octanol–water partition coefficient (Wildman–Crippen LogP) is 3.55. The molecule has 0 spiro atoms. The number of H-pyrrole nitrogens is 1. The summed E-state index contributed by atoms with van der Waals surface area (Å²) in [6.07, 6.45) is 12.7. The molecule has 4 heteroatoms. The number of benzene rings is 1. The first kappa shape index (κ1) is 14.0. The Balaban J connectivity index is 1.89. The molecule has 1 aliphatic rings. The average Bonchev–Trinajstić information content (AvgIpc) is 3.23. The number of pyridine rings is 1. The van der Waals surface area contributed by atoms with Crippen LogP contribution in [0.25, 0.3) is 22.8 Å². The van der Waals surface area contributed by atoms with Crippen molar-refractivity contribution in [2.24, 2.45) is 0 Å². The van der Waals surface area contributed by atoms with Crippen molar-refractivity contribution >= 4 is 23.2 Å². The number of nitrogens with one attached hydrogen (secondary N) is 1. The fraction of sp³-hybridized carbons (Fsp3) is 0. The van der Waals surface area contributed by atoms with Crippen molar-refractivity contribution in [1.29, 1.82) is 0 Å². The summed E-state index contributed by atoms with van der Waals surface area (Å²) in [5, 5.41) is 0. The van der Waals surface area contributed by atoms with Gasteiger partial charge in [-0.25, -0.2) is 4.90 Å². The molecule has 0 saturated heterocycles. The number of carbonyl (C=O) groups excluding carboxylic acids is 1. The molecule has 0 fully saturated rings. The van der Waals surface area contributed by atoms with Gasteiger partial charge in [0.05, 0.1) is 11.3 Å². The molecular weight excluding hydrogens is 298 g/mol. The number of hydrogen-bond acceptors (Lipinski definition) is 2. The molecule has 1 aliphatic heterocycles. The highest BCUT2D eigenvalue weighted by molar-refractivity contribution is 6.37. The Morgan fingerprint density at radius 2 is 2.08 bits per heavy atom. The number of fused-ring (bicyclic) bond motifs is 1. The zero-order chi connectivity index (χ0) is 16.5. The molecule has 3 heterocycles. The van der Waals surface area contributed by atoms with Crippen LogP contribution in [0.1, 0.15) is 11.3 Å². The number of aromatic amines is 1. The molecule has 1 aromatic carbocycles. The Bertz CT molecular complexity index is 979. The topological polar surface area (TPSA) is 49.0 Å². The van der Waals surface area contributed by atoms with Crippen LogP contribution in [-0.4, -0.2) is 15.9 Å². The summed E-state index contributed by atoms with van der Waals surface area (Å²) in [6.45, 7) is 0. The zero-order valence-corrected chi connectivity index (χ0v) is 12.7. The Labute approximate surface area is 139 Å². The van der Waals surface area contributed by atoms with Crippen LogP contribution in [0.4, 0.5) is 5.69 Å². The quantitative estimate of drug-likeness (QED) is 0.581. The first-order valence-corrected chi connectivity index (χ1v) is 7.48. The summed E-state index contributed by atoms with van der Waals surface area (Å²) in [5.41, 5.74) is 4.98. The number of nitrogens with zero attached hydrogens (tertiary/aromatic N) is 2. The number of terminal acetylenes is 1. The maximum absolute atomic E-state index is 12.7. The molecule has 0 bridgehead atoms. The molecule has 24 heavy (non-hydrogen) atoms. The van der Waals surface area contributed by atoms with Crippen LogP contribution in [0.3, 0.4) is 0 Å². The van der Waals surface area contributed by atoms with Crippen molar-refractivity contribution in [2.75, 3.05) is 4.90 Å². The van der Waals surface area contributed by atoms with E-state index in [9.17, 15) is 4.79 Å². The molecule has 2 aromatic heterocycles. The summed E-state index contributed by atoms with van der Waals surface area (Å²) < 4.78 is 0. The lowest BCUT2D eigenvalue weighted by Crippen LogP contribution is -2.19. The molecule has 0 atom stereocenters. The minimum absolute atomic E-state index is 0.189. The number of anilines is 1. The summed E-state index contributed by atoms with van der Waals surface area (Å²) in [5.74, 6) is -0.189. The second-order valence-electron chi connectivity index (χ2n) is 5.43. The molecule has 114 valence electrons. The molecule has 0 aliphatic carbocycles. The van der Waals surface area contributed by atoms with E-state index >= 15 is 0 Å². The predicted molar refractivity (Wildman–Crippen MR) is 94.7 cm³/mol. The van der Waals surface area contributed by atoms with Crippen LogP contribution >= 0.6 is 0 Å². The smallest absolute Gasteiger partial charge is 0.270 e. The first-order valence-electron chi connectivity index (χ1n) is 7.48. The van der Waals surface area contributed by atoms with Gasteiger partial charge in [-0.2, -0.15) is 0 Å². The summed E-state index contributed by atoms with van der Waals surface area (Å²) in [6, 6.07) is 15.9. The van der Waals surface area contributed by atoms with Crippen molar-refractivity contribution < 1.29 is 4.79 Å². The third kappa shape index (κ3) is 2.20. The molecule has 1 N–H and O–H groups in total. The summed E-state index contributed by atoms with van der Waals surface area (Å²) in [7, 11) is 0. The largest absolute Gasteiger partial charge is 0.362 e. The van der Waals surface area contributed by atoms with Gasteiger partial charge in [0.25, 0.3) is 5.91 Å². The monoisotopic (exact) mass is 311 g/mol. The SMILES string of the molecule is C#CN1C(=O)C(=Cc2ccc[nH]2)c2cc(-c3cccnc3)ccc21. The van der Waals surface area contributed by atoms with E-state index < -0.39 is 0 Å². The Hall–Kier alpha value is -3.58. The van der Waals surface area contributed by atoms with Gasteiger partial charge in [-0.1, -0.05) is 18.6 Å². The van der Waals surface area contributed by atoms with Gasteiger partial charge >= 0.3 is 0 Å². The zero-order valence-electron chi connectivity index (χ0n) is 12.7. The lowest BCUT2D eigenvalue weighted by Gasteiger charge is -2.08.